The summed E-state index contributed by atoms with van der Waals surface area (Å²) >= 11 is 0. The highest BCUT2D eigenvalue weighted by molar-refractivity contribution is 6.06. The van der Waals surface area contributed by atoms with Crippen LogP contribution < -0.4 is 10.2 Å². The Hall–Kier alpha value is -3.14. The molecule has 0 aliphatic carbocycles. The van der Waals surface area contributed by atoms with E-state index in [9.17, 15) is 4.79 Å². The van der Waals surface area contributed by atoms with Gasteiger partial charge in [0.2, 0.25) is 0 Å². The van der Waals surface area contributed by atoms with Crippen LogP contribution in [0.2, 0.25) is 0 Å². The van der Waals surface area contributed by atoms with Gasteiger partial charge < -0.3 is 10.2 Å². The normalized spacial score (nSPS) is 12.8. The molecular weight excluding hydrogens is 322 g/mol. The van der Waals surface area contributed by atoms with Crippen molar-refractivity contribution in [3.63, 3.8) is 0 Å². The van der Waals surface area contributed by atoms with Crippen molar-refractivity contribution in [3.8, 4) is 0 Å². The average molecular weight is 343 g/mol. The van der Waals surface area contributed by atoms with Gasteiger partial charge in [-0.2, -0.15) is 0 Å². The molecule has 0 spiro atoms. The number of amides is 1. The molecule has 2 aromatic carbocycles. The number of pyridine rings is 1. The van der Waals surface area contributed by atoms with Crippen LogP contribution in [0, 0.1) is 13.8 Å². The highest BCUT2D eigenvalue weighted by Crippen LogP contribution is 2.29. The zero-order valence-electron chi connectivity index (χ0n) is 15.0. The molecule has 1 amide bonds. The van der Waals surface area contributed by atoms with Gasteiger partial charge >= 0.3 is 0 Å². The molecule has 0 unspecified atom stereocenters. The Bertz CT molecular complexity index is 963. The lowest BCUT2D eigenvalue weighted by Gasteiger charge is -2.17. The van der Waals surface area contributed by atoms with E-state index in [1.165, 1.54) is 16.7 Å². The van der Waals surface area contributed by atoms with E-state index < -0.39 is 0 Å². The fourth-order valence-corrected chi connectivity index (χ4v) is 3.31. The number of carbonyl (C=O) groups excluding carboxylic acids is 1. The number of anilines is 3. The van der Waals surface area contributed by atoms with Gasteiger partial charge in [0.1, 0.15) is 5.69 Å². The number of carbonyl (C=O) groups is 1. The van der Waals surface area contributed by atoms with Gasteiger partial charge in [-0.25, -0.2) is 4.98 Å². The van der Waals surface area contributed by atoms with Crippen LogP contribution >= 0.6 is 0 Å². The maximum absolute atomic E-state index is 12.8. The number of para-hydroxylation sites is 1. The van der Waals surface area contributed by atoms with E-state index in [1.54, 1.807) is 12.3 Å². The minimum atomic E-state index is -0.0479. The van der Waals surface area contributed by atoms with E-state index in [-0.39, 0.29) is 5.91 Å². The molecule has 1 aromatic heterocycles. The molecule has 1 aliphatic rings. The molecule has 4 heteroatoms. The van der Waals surface area contributed by atoms with E-state index >= 15 is 0 Å². The van der Waals surface area contributed by atoms with Crippen LogP contribution in [0.25, 0.3) is 0 Å². The number of rotatable bonds is 3. The van der Waals surface area contributed by atoms with E-state index in [0.717, 1.165) is 23.5 Å². The molecule has 0 atom stereocenters. The summed E-state index contributed by atoms with van der Waals surface area (Å²) in [5.41, 5.74) is 6.98. The van der Waals surface area contributed by atoms with Crippen LogP contribution in [0.4, 0.5) is 17.1 Å². The van der Waals surface area contributed by atoms with Gasteiger partial charge in [-0.3, -0.25) is 4.79 Å². The predicted octanol–water partition coefficient (Wildman–Crippen LogP) is 4.64. The van der Waals surface area contributed by atoms with Crippen molar-refractivity contribution < 1.29 is 4.79 Å². The number of hydrogen-bond donors (Lipinski definition) is 1. The second kappa shape index (κ2) is 6.64. The van der Waals surface area contributed by atoms with Crippen molar-refractivity contribution in [2.24, 2.45) is 0 Å². The first-order chi connectivity index (χ1) is 12.6. The third kappa shape index (κ3) is 3.06. The molecule has 0 saturated heterocycles. The molecule has 2 heterocycles. The smallest absolute Gasteiger partial charge is 0.276 e. The van der Waals surface area contributed by atoms with Gasteiger partial charge in [-0.15, -0.1) is 0 Å². The molecule has 0 fully saturated rings. The van der Waals surface area contributed by atoms with Crippen molar-refractivity contribution in [2.75, 3.05) is 16.8 Å². The molecule has 3 aromatic rings. The first-order valence-corrected chi connectivity index (χ1v) is 8.82. The SMILES string of the molecule is Cc1ccc(C)c(Nc2ccc(C(=O)N3CCc4ccccc43)nc2)c1. The number of benzene rings is 2. The number of fused-ring (bicyclic) bond motifs is 1. The minimum absolute atomic E-state index is 0.0479. The van der Waals surface area contributed by atoms with Gasteiger partial charge in [0.15, 0.2) is 0 Å². The van der Waals surface area contributed by atoms with Crippen molar-refractivity contribution in [1.82, 2.24) is 4.98 Å². The molecule has 130 valence electrons. The molecule has 26 heavy (non-hydrogen) atoms. The Labute approximate surface area is 153 Å². The Balaban J connectivity index is 1.53. The lowest BCUT2D eigenvalue weighted by atomic mass is 10.1. The van der Waals surface area contributed by atoms with Crippen molar-refractivity contribution >= 4 is 23.0 Å². The Kier molecular flexibility index (Phi) is 4.17. The molecule has 4 nitrogen and oxygen atoms in total. The van der Waals surface area contributed by atoms with Gasteiger partial charge in [0.05, 0.1) is 11.9 Å². The van der Waals surface area contributed by atoms with Crippen LogP contribution in [-0.4, -0.2) is 17.4 Å². The molecule has 4 rings (SSSR count). The lowest BCUT2D eigenvalue weighted by Crippen LogP contribution is -2.29. The van der Waals surface area contributed by atoms with Crippen LogP contribution in [-0.2, 0) is 6.42 Å². The number of aromatic nitrogens is 1. The summed E-state index contributed by atoms with van der Waals surface area (Å²) in [5.74, 6) is -0.0479. The van der Waals surface area contributed by atoms with E-state index in [2.05, 4.69) is 48.4 Å². The minimum Gasteiger partial charge on any atom is -0.354 e. The summed E-state index contributed by atoms with van der Waals surface area (Å²) in [7, 11) is 0. The molecule has 0 bridgehead atoms. The number of nitrogens with zero attached hydrogens (tertiary/aromatic N) is 2. The quantitative estimate of drug-likeness (QED) is 0.753. The summed E-state index contributed by atoms with van der Waals surface area (Å²) < 4.78 is 0. The monoisotopic (exact) mass is 343 g/mol. The van der Waals surface area contributed by atoms with E-state index in [0.29, 0.717) is 12.2 Å². The maximum Gasteiger partial charge on any atom is 0.276 e. The lowest BCUT2D eigenvalue weighted by molar-refractivity contribution is 0.0984. The summed E-state index contributed by atoms with van der Waals surface area (Å²) in [4.78, 5) is 19.0. The number of hydrogen-bond acceptors (Lipinski definition) is 3. The average Bonchev–Trinajstić information content (AvgIpc) is 3.09. The van der Waals surface area contributed by atoms with E-state index in [4.69, 9.17) is 0 Å². The molecule has 0 saturated carbocycles. The Morgan fingerprint density at radius 2 is 1.92 bits per heavy atom. The maximum atomic E-state index is 12.8. The highest BCUT2D eigenvalue weighted by Gasteiger charge is 2.25. The zero-order chi connectivity index (χ0) is 18.1. The van der Waals surface area contributed by atoms with Crippen LogP contribution in [0.15, 0.2) is 60.8 Å². The first-order valence-electron chi connectivity index (χ1n) is 8.82. The van der Waals surface area contributed by atoms with Crippen LogP contribution in [0.1, 0.15) is 27.2 Å². The fraction of sp³-hybridized carbons (Fsp3) is 0.182. The van der Waals surface area contributed by atoms with Crippen molar-refractivity contribution in [3.05, 3.63) is 83.2 Å². The zero-order valence-corrected chi connectivity index (χ0v) is 15.0. The molecular formula is C22H21N3O. The second-order valence-electron chi connectivity index (χ2n) is 6.71. The van der Waals surface area contributed by atoms with Crippen molar-refractivity contribution in [1.29, 1.82) is 0 Å². The van der Waals surface area contributed by atoms with Gasteiger partial charge in [-0.05, 0) is 61.2 Å². The third-order valence-corrected chi connectivity index (χ3v) is 4.79. The van der Waals surface area contributed by atoms with E-state index in [1.807, 2.05) is 29.2 Å². The summed E-state index contributed by atoms with van der Waals surface area (Å²) in [5, 5.41) is 3.38. The first kappa shape index (κ1) is 16.3. The standard InChI is InChI=1S/C22H21N3O/c1-15-7-8-16(2)20(13-15)24-18-9-10-19(23-14-18)22(26)25-12-11-17-5-3-4-6-21(17)25/h3-10,13-14,24H,11-12H2,1-2H3. The number of aryl methyl sites for hydroxylation is 2. The molecule has 1 N–H and O–H groups in total. The van der Waals surface area contributed by atoms with Gasteiger partial charge in [-0.1, -0.05) is 30.3 Å². The molecule has 0 radical (unpaired) electrons. The van der Waals surface area contributed by atoms with Gasteiger partial charge in [0.25, 0.3) is 5.91 Å². The third-order valence-electron chi connectivity index (χ3n) is 4.79. The molecule has 1 aliphatic heterocycles. The summed E-state index contributed by atoms with van der Waals surface area (Å²) in [6.45, 7) is 4.85. The fourth-order valence-electron chi connectivity index (χ4n) is 3.31. The van der Waals surface area contributed by atoms with Crippen LogP contribution in [0.3, 0.4) is 0 Å². The highest BCUT2D eigenvalue weighted by atomic mass is 16.2. The van der Waals surface area contributed by atoms with Gasteiger partial charge in [0, 0.05) is 17.9 Å². The second-order valence-corrected chi connectivity index (χ2v) is 6.71. The topological polar surface area (TPSA) is 45.2 Å². The summed E-state index contributed by atoms with van der Waals surface area (Å²) in [6, 6.07) is 18.0. The van der Waals surface area contributed by atoms with Crippen molar-refractivity contribution in [2.45, 2.75) is 20.3 Å². The number of nitrogens with one attached hydrogen (secondary N) is 1. The Morgan fingerprint density at radius 1 is 1.08 bits per heavy atom. The largest absolute Gasteiger partial charge is 0.354 e. The predicted molar refractivity (Wildman–Crippen MR) is 105 cm³/mol. The van der Waals surface area contributed by atoms with Crippen LogP contribution in [0.5, 0.6) is 0 Å². The Morgan fingerprint density at radius 3 is 2.73 bits per heavy atom. The summed E-state index contributed by atoms with van der Waals surface area (Å²) in [6.07, 6.45) is 2.62.